The van der Waals surface area contributed by atoms with E-state index in [9.17, 15) is 19.7 Å². The lowest BCUT2D eigenvalue weighted by molar-refractivity contribution is -0.384. The predicted molar refractivity (Wildman–Crippen MR) is 139 cm³/mol. The summed E-state index contributed by atoms with van der Waals surface area (Å²) in [6, 6.07) is 10.7. The molecule has 2 fully saturated rings. The van der Waals surface area contributed by atoms with Crippen LogP contribution in [0.25, 0.3) is 0 Å². The average Bonchev–Trinajstić information content (AvgIpc) is 3.38. The van der Waals surface area contributed by atoms with Crippen molar-refractivity contribution < 1.29 is 14.5 Å². The summed E-state index contributed by atoms with van der Waals surface area (Å²) in [6.45, 7) is 3.37. The van der Waals surface area contributed by atoms with Gasteiger partial charge in [0.05, 0.1) is 4.92 Å². The van der Waals surface area contributed by atoms with Crippen molar-refractivity contribution in [2.75, 3.05) is 6.54 Å². The number of carbonyl (C=O) groups excluding carboxylic acids is 2. The lowest BCUT2D eigenvalue weighted by Crippen LogP contribution is -2.58. The van der Waals surface area contributed by atoms with Crippen molar-refractivity contribution >= 4 is 28.8 Å². The molecule has 2 aliphatic rings. The van der Waals surface area contributed by atoms with Gasteiger partial charge in [0, 0.05) is 61.7 Å². The number of nitrogens with two attached hydrogens (primary N) is 1. The number of nitro benzene ring substituents is 1. The number of hydrogen-bond acceptors (Lipinski definition) is 7. The zero-order chi connectivity index (χ0) is 25.7. The molecule has 3 N–H and O–H groups in total. The second kappa shape index (κ2) is 11.9. The molecule has 2 heterocycles. The van der Waals surface area contributed by atoms with Crippen molar-refractivity contribution in [1.29, 1.82) is 0 Å². The van der Waals surface area contributed by atoms with Crippen LogP contribution < -0.4 is 11.1 Å². The minimum absolute atomic E-state index is 0.0683. The molecule has 36 heavy (non-hydrogen) atoms. The fraction of sp³-hybridized carbons (Fsp3) is 0.538. The summed E-state index contributed by atoms with van der Waals surface area (Å²) < 4.78 is 0. The highest BCUT2D eigenvalue weighted by atomic mass is 32.1. The Morgan fingerprint density at radius 1 is 1.14 bits per heavy atom. The monoisotopic (exact) mass is 513 g/mol. The number of likely N-dealkylation sites (tertiary alicyclic amines) is 1. The summed E-state index contributed by atoms with van der Waals surface area (Å²) in [5.41, 5.74) is 7.07. The van der Waals surface area contributed by atoms with E-state index in [4.69, 9.17) is 5.73 Å². The van der Waals surface area contributed by atoms with Crippen LogP contribution in [-0.4, -0.2) is 57.2 Å². The van der Waals surface area contributed by atoms with E-state index < -0.39 is 11.0 Å². The van der Waals surface area contributed by atoms with E-state index in [1.807, 2.05) is 11.4 Å². The number of nitrogens with one attached hydrogen (secondary N) is 1. The van der Waals surface area contributed by atoms with Crippen LogP contribution in [0.15, 0.2) is 41.8 Å². The Morgan fingerprint density at radius 3 is 2.47 bits per heavy atom. The molecule has 9 nitrogen and oxygen atoms in total. The smallest absolute Gasteiger partial charge is 0.269 e. The molecule has 1 aliphatic carbocycles. The first-order chi connectivity index (χ1) is 17.3. The topological polar surface area (TPSA) is 122 Å². The van der Waals surface area contributed by atoms with Gasteiger partial charge in [-0.2, -0.15) is 0 Å². The molecule has 0 radical (unpaired) electrons. The first kappa shape index (κ1) is 26.2. The van der Waals surface area contributed by atoms with Crippen LogP contribution >= 0.6 is 11.3 Å². The van der Waals surface area contributed by atoms with Gasteiger partial charge in [-0.05, 0) is 55.5 Å². The van der Waals surface area contributed by atoms with Gasteiger partial charge in [-0.3, -0.25) is 24.6 Å². The summed E-state index contributed by atoms with van der Waals surface area (Å²) in [5, 5.41) is 16.3. The van der Waals surface area contributed by atoms with Crippen LogP contribution in [0.1, 0.15) is 55.9 Å². The van der Waals surface area contributed by atoms with Crippen LogP contribution in [0.5, 0.6) is 0 Å². The van der Waals surface area contributed by atoms with Crippen LogP contribution in [0.3, 0.4) is 0 Å². The highest BCUT2D eigenvalue weighted by Gasteiger charge is 2.38. The Bertz CT molecular complexity index is 1040. The van der Waals surface area contributed by atoms with E-state index in [0.29, 0.717) is 26.1 Å². The van der Waals surface area contributed by atoms with E-state index in [2.05, 4.69) is 16.3 Å². The Balaban J connectivity index is 1.50. The van der Waals surface area contributed by atoms with Gasteiger partial charge in [0.25, 0.3) is 5.69 Å². The van der Waals surface area contributed by atoms with E-state index in [1.54, 1.807) is 28.4 Å². The van der Waals surface area contributed by atoms with Crippen LogP contribution in [0.2, 0.25) is 0 Å². The highest BCUT2D eigenvalue weighted by Crippen LogP contribution is 2.28. The fourth-order valence-electron chi connectivity index (χ4n) is 5.34. The standard InChI is InChI=1S/C26H35N5O4S/c1-18(32)30-13-12-23(15-25(30)26(33)28-21-8-6-20(27)7-9-21)29(17-24-3-2-14-36-24)16-19-4-10-22(11-5-19)31(34)35/h2-5,10-11,14,20-21,23,25H,6-9,12-13,15-17,27H2,1H3,(H,28,33)/t20?,21?,23?,25-/m1/s1. The van der Waals surface area contributed by atoms with Crippen LogP contribution in [-0.2, 0) is 22.7 Å². The molecule has 4 rings (SSSR count). The molecule has 1 saturated heterocycles. The third-order valence-corrected chi connectivity index (χ3v) is 8.25. The number of benzene rings is 1. The van der Waals surface area contributed by atoms with Gasteiger partial charge in [-0.25, -0.2) is 0 Å². The average molecular weight is 514 g/mol. The number of non-ortho nitro benzene ring substituents is 1. The van der Waals surface area contributed by atoms with Gasteiger partial charge in [0.1, 0.15) is 6.04 Å². The molecule has 1 aromatic carbocycles. The molecule has 1 saturated carbocycles. The third-order valence-electron chi connectivity index (χ3n) is 7.39. The third kappa shape index (κ3) is 6.68. The van der Waals surface area contributed by atoms with Crippen molar-refractivity contribution in [3.8, 4) is 0 Å². The van der Waals surface area contributed by atoms with Gasteiger partial charge in [0.2, 0.25) is 11.8 Å². The lowest BCUT2D eigenvalue weighted by atomic mass is 9.90. The van der Waals surface area contributed by atoms with Crippen molar-refractivity contribution in [2.24, 2.45) is 5.73 Å². The normalized spacial score (nSPS) is 24.5. The van der Waals surface area contributed by atoms with Gasteiger partial charge in [-0.15, -0.1) is 11.3 Å². The number of nitro groups is 1. The van der Waals surface area contributed by atoms with E-state index in [0.717, 1.165) is 37.7 Å². The number of thiophene rings is 1. The van der Waals surface area contributed by atoms with Gasteiger partial charge >= 0.3 is 0 Å². The van der Waals surface area contributed by atoms with Crippen molar-refractivity contribution in [1.82, 2.24) is 15.1 Å². The lowest BCUT2D eigenvalue weighted by Gasteiger charge is -2.43. The number of hydrogen-bond donors (Lipinski definition) is 2. The summed E-state index contributed by atoms with van der Waals surface area (Å²) in [4.78, 5) is 41.7. The quantitative estimate of drug-likeness (QED) is 0.412. The molecule has 2 amide bonds. The van der Waals surface area contributed by atoms with Gasteiger partial charge in [-0.1, -0.05) is 18.2 Å². The molecule has 0 bridgehead atoms. The summed E-state index contributed by atoms with van der Waals surface area (Å²) >= 11 is 1.68. The number of amides is 2. The van der Waals surface area contributed by atoms with Crippen LogP contribution in [0.4, 0.5) is 5.69 Å². The summed E-state index contributed by atoms with van der Waals surface area (Å²) in [7, 11) is 0. The Morgan fingerprint density at radius 2 is 1.86 bits per heavy atom. The van der Waals surface area contributed by atoms with E-state index in [1.165, 1.54) is 23.9 Å². The first-order valence-corrected chi connectivity index (χ1v) is 13.5. The first-order valence-electron chi connectivity index (χ1n) is 12.6. The van der Waals surface area contributed by atoms with E-state index in [-0.39, 0.29) is 35.6 Å². The van der Waals surface area contributed by atoms with Gasteiger partial charge < -0.3 is 16.0 Å². The maximum Gasteiger partial charge on any atom is 0.269 e. The SMILES string of the molecule is CC(=O)N1CCC(N(Cc2ccc([N+](=O)[O-])cc2)Cc2cccs2)C[C@@H]1C(=O)NC1CCC(N)CC1. The number of nitrogens with zero attached hydrogens (tertiary/aromatic N) is 3. The molecule has 194 valence electrons. The second-order valence-corrected chi connectivity index (χ2v) is 11.0. The fourth-order valence-corrected chi connectivity index (χ4v) is 6.07. The maximum absolute atomic E-state index is 13.4. The van der Waals surface area contributed by atoms with Crippen LogP contribution in [0, 0.1) is 10.1 Å². The number of piperidine rings is 1. The van der Waals surface area contributed by atoms with E-state index >= 15 is 0 Å². The minimum Gasteiger partial charge on any atom is -0.352 e. The molecular formula is C26H35N5O4S. The molecule has 2 aromatic rings. The Labute approximate surface area is 215 Å². The largest absolute Gasteiger partial charge is 0.352 e. The van der Waals surface area contributed by atoms with Crippen molar-refractivity contribution in [3.63, 3.8) is 0 Å². The molecule has 0 spiro atoms. The highest BCUT2D eigenvalue weighted by molar-refractivity contribution is 7.09. The maximum atomic E-state index is 13.4. The number of rotatable bonds is 8. The second-order valence-electron chi connectivity index (χ2n) is 9.93. The van der Waals surface area contributed by atoms with Gasteiger partial charge in [0.15, 0.2) is 0 Å². The molecular weight excluding hydrogens is 478 g/mol. The molecule has 2 atom stereocenters. The Hall–Kier alpha value is -2.82. The van der Waals surface area contributed by atoms with Crippen molar-refractivity contribution in [3.05, 3.63) is 62.3 Å². The molecule has 1 aliphatic heterocycles. The molecule has 1 aromatic heterocycles. The molecule has 1 unspecified atom stereocenters. The summed E-state index contributed by atoms with van der Waals surface area (Å²) in [5.74, 6) is -0.166. The number of carbonyl (C=O) groups is 2. The Kier molecular flexibility index (Phi) is 8.71. The zero-order valence-corrected chi connectivity index (χ0v) is 21.5. The van der Waals surface area contributed by atoms with Crippen molar-refractivity contribution in [2.45, 2.75) is 82.7 Å². The molecule has 10 heteroatoms. The minimum atomic E-state index is -0.514. The summed E-state index contributed by atoms with van der Waals surface area (Å²) in [6.07, 6.45) is 4.86. The zero-order valence-electron chi connectivity index (χ0n) is 20.7. The predicted octanol–water partition coefficient (Wildman–Crippen LogP) is 3.42.